The number of nitrogens with zero attached hydrogens (tertiary/aromatic N) is 1. The molecule has 0 atom stereocenters. The molecule has 128 valence electrons. The van der Waals surface area contributed by atoms with Crippen LogP contribution in [0.1, 0.15) is 43.0 Å². The Kier molecular flexibility index (Phi) is 7.20. The van der Waals surface area contributed by atoms with Gasteiger partial charge in [-0.1, -0.05) is 12.8 Å². The molecule has 1 aliphatic rings. The van der Waals surface area contributed by atoms with Gasteiger partial charge in [-0.05, 0) is 51.1 Å². The summed E-state index contributed by atoms with van der Waals surface area (Å²) in [6.07, 6.45) is 5.19. The highest BCUT2D eigenvalue weighted by Crippen LogP contribution is 2.27. The number of likely N-dealkylation sites (tertiary alicyclic amines) is 1. The summed E-state index contributed by atoms with van der Waals surface area (Å²) in [6, 6.07) is 5.28. The summed E-state index contributed by atoms with van der Waals surface area (Å²) < 4.78 is 10.8. The third kappa shape index (κ3) is 5.43. The SMILES string of the molecule is CCOc1cc(C(=O)NCCN2CCCCCC2)ccc1OC. The number of hydrogen-bond donors (Lipinski definition) is 1. The number of hydrogen-bond acceptors (Lipinski definition) is 4. The standard InChI is InChI=1S/C18H28N2O3/c1-3-23-17-14-15(8-9-16(17)22-2)18(21)19-10-13-20-11-6-4-5-7-12-20/h8-9,14H,3-7,10-13H2,1-2H3,(H,19,21). The Morgan fingerprint density at radius 3 is 2.57 bits per heavy atom. The predicted molar refractivity (Wildman–Crippen MR) is 91.4 cm³/mol. The number of amides is 1. The lowest BCUT2D eigenvalue weighted by Crippen LogP contribution is -2.35. The lowest BCUT2D eigenvalue weighted by Gasteiger charge is -2.19. The van der Waals surface area contributed by atoms with Gasteiger partial charge < -0.3 is 19.7 Å². The molecule has 1 aromatic carbocycles. The molecular weight excluding hydrogens is 292 g/mol. The average Bonchev–Trinajstić information content (AvgIpc) is 2.84. The number of nitrogens with one attached hydrogen (secondary N) is 1. The Morgan fingerprint density at radius 2 is 1.91 bits per heavy atom. The Balaban J connectivity index is 1.86. The van der Waals surface area contributed by atoms with E-state index in [0.29, 0.717) is 30.2 Å². The normalized spacial score (nSPS) is 15.7. The van der Waals surface area contributed by atoms with Crippen molar-refractivity contribution in [2.45, 2.75) is 32.6 Å². The second-order valence-corrected chi connectivity index (χ2v) is 5.81. The molecule has 2 rings (SSSR count). The van der Waals surface area contributed by atoms with Gasteiger partial charge in [0.05, 0.1) is 13.7 Å². The van der Waals surface area contributed by atoms with Crippen molar-refractivity contribution in [3.05, 3.63) is 23.8 Å². The van der Waals surface area contributed by atoms with Crippen LogP contribution in [0.3, 0.4) is 0 Å². The number of benzene rings is 1. The quantitative estimate of drug-likeness (QED) is 0.839. The molecule has 1 aromatic rings. The molecule has 1 fully saturated rings. The summed E-state index contributed by atoms with van der Waals surface area (Å²) in [4.78, 5) is 14.7. The first-order valence-corrected chi connectivity index (χ1v) is 8.56. The van der Waals surface area contributed by atoms with E-state index in [1.807, 2.05) is 6.92 Å². The van der Waals surface area contributed by atoms with Crippen LogP contribution in [0.5, 0.6) is 11.5 Å². The van der Waals surface area contributed by atoms with Gasteiger partial charge in [0.1, 0.15) is 0 Å². The molecule has 5 nitrogen and oxygen atoms in total. The third-order valence-electron chi connectivity index (χ3n) is 4.14. The number of rotatable bonds is 7. The molecule has 0 radical (unpaired) electrons. The molecule has 1 N–H and O–H groups in total. The van der Waals surface area contributed by atoms with E-state index >= 15 is 0 Å². The van der Waals surface area contributed by atoms with Gasteiger partial charge >= 0.3 is 0 Å². The number of methoxy groups -OCH3 is 1. The molecule has 1 amide bonds. The van der Waals surface area contributed by atoms with E-state index in [2.05, 4.69) is 10.2 Å². The first kappa shape index (κ1) is 17.6. The summed E-state index contributed by atoms with van der Waals surface area (Å²) in [6.45, 7) is 6.33. The van der Waals surface area contributed by atoms with E-state index < -0.39 is 0 Å². The van der Waals surface area contributed by atoms with Crippen LogP contribution >= 0.6 is 0 Å². The second-order valence-electron chi connectivity index (χ2n) is 5.81. The highest BCUT2D eigenvalue weighted by molar-refractivity contribution is 5.94. The molecule has 1 saturated heterocycles. The molecule has 0 aliphatic carbocycles. The van der Waals surface area contributed by atoms with Crippen LogP contribution in [0.2, 0.25) is 0 Å². The summed E-state index contributed by atoms with van der Waals surface area (Å²) in [5.41, 5.74) is 0.602. The molecule has 0 unspecified atom stereocenters. The minimum absolute atomic E-state index is 0.0663. The van der Waals surface area contributed by atoms with Crippen LogP contribution in [0.4, 0.5) is 0 Å². The molecule has 0 bridgehead atoms. The Labute approximate surface area is 139 Å². The van der Waals surface area contributed by atoms with Crippen molar-refractivity contribution in [1.29, 1.82) is 0 Å². The number of carbonyl (C=O) groups is 1. The van der Waals surface area contributed by atoms with Crippen molar-refractivity contribution in [3.8, 4) is 11.5 Å². The average molecular weight is 320 g/mol. The predicted octanol–water partition coefficient (Wildman–Crippen LogP) is 2.70. The Hall–Kier alpha value is -1.75. The van der Waals surface area contributed by atoms with Crippen molar-refractivity contribution in [3.63, 3.8) is 0 Å². The van der Waals surface area contributed by atoms with E-state index in [1.54, 1.807) is 25.3 Å². The summed E-state index contributed by atoms with van der Waals surface area (Å²) in [7, 11) is 1.60. The van der Waals surface area contributed by atoms with Crippen molar-refractivity contribution in [2.75, 3.05) is 39.9 Å². The number of carbonyl (C=O) groups excluding carboxylic acids is 1. The summed E-state index contributed by atoms with van der Waals surface area (Å²) in [5.74, 6) is 1.19. The maximum Gasteiger partial charge on any atom is 0.251 e. The zero-order valence-corrected chi connectivity index (χ0v) is 14.3. The van der Waals surface area contributed by atoms with Crippen LogP contribution in [0, 0.1) is 0 Å². The topological polar surface area (TPSA) is 50.8 Å². The minimum atomic E-state index is -0.0663. The Morgan fingerprint density at radius 1 is 1.17 bits per heavy atom. The lowest BCUT2D eigenvalue weighted by molar-refractivity contribution is 0.0948. The summed E-state index contributed by atoms with van der Waals surface area (Å²) >= 11 is 0. The zero-order valence-electron chi connectivity index (χ0n) is 14.3. The van der Waals surface area contributed by atoms with Crippen LogP contribution in [0.15, 0.2) is 18.2 Å². The fraction of sp³-hybridized carbons (Fsp3) is 0.611. The third-order valence-corrected chi connectivity index (χ3v) is 4.14. The molecule has 5 heteroatoms. The molecule has 0 spiro atoms. The van der Waals surface area contributed by atoms with Crippen LogP contribution in [-0.4, -0.2) is 50.7 Å². The molecule has 0 saturated carbocycles. The van der Waals surface area contributed by atoms with Gasteiger partial charge in [-0.15, -0.1) is 0 Å². The first-order valence-electron chi connectivity index (χ1n) is 8.56. The van der Waals surface area contributed by atoms with Crippen LogP contribution < -0.4 is 14.8 Å². The first-order chi connectivity index (χ1) is 11.2. The highest BCUT2D eigenvalue weighted by Gasteiger charge is 2.12. The van der Waals surface area contributed by atoms with Gasteiger partial charge in [0.25, 0.3) is 5.91 Å². The van der Waals surface area contributed by atoms with Gasteiger partial charge in [-0.3, -0.25) is 4.79 Å². The fourth-order valence-electron chi connectivity index (χ4n) is 2.88. The zero-order chi connectivity index (χ0) is 16.5. The maximum absolute atomic E-state index is 12.3. The number of ether oxygens (including phenoxy) is 2. The van der Waals surface area contributed by atoms with E-state index in [0.717, 1.165) is 19.6 Å². The fourth-order valence-corrected chi connectivity index (χ4v) is 2.88. The van der Waals surface area contributed by atoms with E-state index in [4.69, 9.17) is 9.47 Å². The van der Waals surface area contributed by atoms with Gasteiger partial charge in [0, 0.05) is 18.7 Å². The van der Waals surface area contributed by atoms with E-state index in [-0.39, 0.29) is 5.91 Å². The van der Waals surface area contributed by atoms with Crippen molar-refractivity contribution >= 4 is 5.91 Å². The van der Waals surface area contributed by atoms with Crippen molar-refractivity contribution in [1.82, 2.24) is 10.2 Å². The van der Waals surface area contributed by atoms with Crippen LogP contribution in [-0.2, 0) is 0 Å². The molecule has 0 aromatic heterocycles. The molecule has 1 aliphatic heterocycles. The second kappa shape index (κ2) is 9.40. The molecular formula is C18H28N2O3. The Bertz CT molecular complexity index is 497. The van der Waals surface area contributed by atoms with Gasteiger partial charge in [-0.2, -0.15) is 0 Å². The van der Waals surface area contributed by atoms with Gasteiger partial charge in [0.15, 0.2) is 11.5 Å². The maximum atomic E-state index is 12.3. The monoisotopic (exact) mass is 320 g/mol. The smallest absolute Gasteiger partial charge is 0.251 e. The van der Waals surface area contributed by atoms with Gasteiger partial charge in [0.2, 0.25) is 0 Å². The van der Waals surface area contributed by atoms with Crippen LogP contribution in [0.25, 0.3) is 0 Å². The minimum Gasteiger partial charge on any atom is -0.493 e. The van der Waals surface area contributed by atoms with Gasteiger partial charge in [-0.25, -0.2) is 0 Å². The van der Waals surface area contributed by atoms with E-state index in [9.17, 15) is 4.79 Å². The summed E-state index contributed by atoms with van der Waals surface area (Å²) in [5, 5.41) is 3.00. The molecule has 1 heterocycles. The highest BCUT2D eigenvalue weighted by atomic mass is 16.5. The van der Waals surface area contributed by atoms with E-state index in [1.165, 1.54) is 25.7 Å². The van der Waals surface area contributed by atoms with Crippen molar-refractivity contribution < 1.29 is 14.3 Å². The largest absolute Gasteiger partial charge is 0.493 e. The van der Waals surface area contributed by atoms with Crippen molar-refractivity contribution in [2.24, 2.45) is 0 Å². The molecule has 23 heavy (non-hydrogen) atoms. The lowest BCUT2D eigenvalue weighted by atomic mass is 10.2.